The molecular weight excluding hydrogens is 626 g/mol. The van der Waals surface area contributed by atoms with Crippen LogP contribution in [0, 0.1) is 17.8 Å². The van der Waals surface area contributed by atoms with Crippen molar-refractivity contribution in [2.24, 2.45) is 17.8 Å². The molecule has 3 heterocycles. The third-order valence-electron chi connectivity index (χ3n) is 9.46. The highest BCUT2D eigenvalue weighted by atomic mass is 79.9. The Balaban J connectivity index is 1.74. The zero-order valence-corrected chi connectivity index (χ0v) is 28.1. The van der Waals surface area contributed by atoms with E-state index in [0.29, 0.717) is 18.5 Å². The molecule has 0 aromatic heterocycles. The van der Waals surface area contributed by atoms with Gasteiger partial charge >= 0.3 is 5.97 Å². The summed E-state index contributed by atoms with van der Waals surface area (Å²) >= 11 is 3.72. The van der Waals surface area contributed by atoms with Crippen molar-refractivity contribution in [3.05, 3.63) is 49.6 Å². The highest BCUT2D eigenvalue weighted by molar-refractivity contribution is 9.09. The average Bonchev–Trinajstić information content (AvgIpc) is 3.60. The first-order valence-corrected chi connectivity index (χ1v) is 16.8. The minimum absolute atomic E-state index is 0.150. The van der Waals surface area contributed by atoms with Gasteiger partial charge in [0.25, 0.3) is 5.91 Å². The summed E-state index contributed by atoms with van der Waals surface area (Å²) in [7, 11) is 0. The number of hydrogen-bond acceptors (Lipinski definition) is 7. The molecule has 9 nitrogen and oxygen atoms in total. The number of aliphatic hydroxyl groups excluding tert-OH is 1. The van der Waals surface area contributed by atoms with Crippen LogP contribution in [0.4, 0.5) is 11.4 Å². The number of alkyl halides is 1. The second-order valence-electron chi connectivity index (χ2n) is 12.3. The van der Waals surface area contributed by atoms with E-state index in [2.05, 4.69) is 47.8 Å². The molecule has 44 heavy (non-hydrogen) atoms. The molecule has 0 saturated carbocycles. The van der Waals surface area contributed by atoms with Gasteiger partial charge in [0.2, 0.25) is 5.91 Å². The lowest BCUT2D eigenvalue weighted by atomic mass is 9.70. The Bertz CT molecular complexity index is 1200. The Morgan fingerprint density at radius 2 is 1.82 bits per heavy atom. The van der Waals surface area contributed by atoms with Gasteiger partial charge in [-0.1, -0.05) is 41.9 Å². The highest BCUT2D eigenvalue weighted by Crippen LogP contribution is 2.61. The molecule has 7 atom stereocenters. The number of carbonyl (C=O) groups is 3. The van der Waals surface area contributed by atoms with E-state index in [-0.39, 0.29) is 42.3 Å². The molecule has 1 N–H and O–H groups in total. The molecule has 1 spiro atoms. The van der Waals surface area contributed by atoms with Gasteiger partial charge in [0.15, 0.2) is 0 Å². The molecular formula is C34H48BrN3O6. The Morgan fingerprint density at radius 1 is 1.16 bits per heavy atom. The Hall–Kier alpha value is -2.69. The number of likely N-dealkylation sites (tertiary alicyclic amines) is 1. The lowest BCUT2D eigenvalue weighted by Gasteiger charge is -2.40. The van der Waals surface area contributed by atoms with Crippen LogP contribution in [-0.4, -0.2) is 89.3 Å². The van der Waals surface area contributed by atoms with Crippen LogP contribution in [0.3, 0.4) is 0 Å². The zero-order chi connectivity index (χ0) is 32.2. The number of fused-ring (bicyclic) bond motifs is 1. The first-order valence-electron chi connectivity index (χ1n) is 15.9. The van der Waals surface area contributed by atoms with E-state index >= 15 is 0 Å². The van der Waals surface area contributed by atoms with Crippen molar-refractivity contribution in [1.29, 1.82) is 0 Å². The zero-order valence-electron chi connectivity index (χ0n) is 26.5. The number of anilines is 2. The lowest BCUT2D eigenvalue weighted by molar-refractivity contribution is -0.156. The van der Waals surface area contributed by atoms with Crippen molar-refractivity contribution in [3.8, 4) is 0 Å². The van der Waals surface area contributed by atoms with Gasteiger partial charge < -0.3 is 29.3 Å². The van der Waals surface area contributed by atoms with Crippen LogP contribution in [0.2, 0.25) is 0 Å². The smallest absolute Gasteiger partial charge is 0.312 e. The van der Waals surface area contributed by atoms with Crippen LogP contribution < -0.4 is 9.80 Å². The van der Waals surface area contributed by atoms with Crippen molar-refractivity contribution < 1.29 is 29.0 Å². The summed E-state index contributed by atoms with van der Waals surface area (Å²) in [4.78, 5) is 47.9. The minimum atomic E-state index is -1.25. The number of hydrogen-bond donors (Lipinski definition) is 1. The maximum Gasteiger partial charge on any atom is 0.312 e. The van der Waals surface area contributed by atoms with Gasteiger partial charge in [-0.05, 0) is 69.7 Å². The first kappa shape index (κ1) is 34.2. The fourth-order valence-electron chi connectivity index (χ4n) is 7.28. The Morgan fingerprint density at radius 3 is 2.39 bits per heavy atom. The number of rotatable bonds is 16. The van der Waals surface area contributed by atoms with E-state index < -0.39 is 41.6 Å². The van der Waals surface area contributed by atoms with E-state index in [1.807, 2.05) is 44.2 Å². The second-order valence-corrected chi connectivity index (χ2v) is 13.5. The van der Waals surface area contributed by atoms with Gasteiger partial charge in [-0.25, -0.2) is 0 Å². The maximum atomic E-state index is 14.8. The van der Waals surface area contributed by atoms with Crippen molar-refractivity contribution in [2.75, 3.05) is 42.6 Å². The van der Waals surface area contributed by atoms with Crippen molar-refractivity contribution in [2.45, 2.75) is 82.0 Å². The van der Waals surface area contributed by atoms with E-state index in [0.717, 1.165) is 31.6 Å². The molecule has 3 aliphatic heterocycles. The van der Waals surface area contributed by atoms with Gasteiger partial charge in [0.05, 0.1) is 37.2 Å². The number of nitrogens with zero attached hydrogens (tertiary/aromatic N) is 3. The summed E-state index contributed by atoms with van der Waals surface area (Å²) in [5.41, 5.74) is 0.469. The molecule has 3 fully saturated rings. The topological polar surface area (TPSA) is 99.6 Å². The third-order valence-corrected chi connectivity index (χ3v) is 10.3. The Labute approximate surface area is 270 Å². The fraction of sp³-hybridized carbons (Fsp3) is 0.618. The largest absolute Gasteiger partial charge is 0.465 e. The standard InChI is InChI=1S/C34H48BrN3O6/c1-7-11-12-13-19-43-33(42)27-28-31(40)38(26(21-39)22(5)6)30(34(28)20-25(35)29(27)44-34)32(41)37(18-8-2)24-16-14-23(15-17-24)36(9-3)10-4/h7-8,14-17,22,25-30,39H,1-2,9-13,18-21H2,3-6H3/t25?,26-,27-,28-,29-,30?,34?/m0/s1. The molecule has 3 aliphatic rings. The summed E-state index contributed by atoms with van der Waals surface area (Å²) in [6.07, 6.45) is 5.63. The fourth-order valence-corrected chi connectivity index (χ4v) is 8.23. The SMILES string of the molecule is C=CCCCCOC(=O)[C@H]1[C@H]2C(=O)N([C@@H](CO)C(C)C)C(C(=O)N(CC=C)c3ccc(N(CC)CC)cc3)C23CC(Br)[C@@H]1O3. The molecule has 3 unspecified atom stereocenters. The van der Waals surface area contributed by atoms with Crippen LogP contribution >= 0.6 is 15.9 Å². The van der Waals surface area contributed by atoms with Gasteiger partial charge in [-0.2, -0.15) is 0 Å². The number of halogens is 1. The molecule has 1 aromatic rings. The molecule has 0 radical (unpaired) electrons. The van der Waals surface area contributed by atoms with Gasteiger partial charge in [0.1, 0.15) is 11.6 Å². The summed E-state index contributed by atoms with van der Waals surface area (Å²) in [5.74, 6) is -3.04. The molecule has 4 rings (SSSR count). The van der Waals surface area contributed by atoms with E-state index in [9.17, 15) is 19.5 Å². The van der Waals surface area contributed by atoms with Crippen LogP contribution in [0.15, 0.2) is 49.6 Å². The minimum Gasteiger partial charge on any atom is -0.465 e. The monoisotopic (exact) mass is 673 g/mol. The summed E-state index contributed by atoms with van der Waals surface area (Å²) in [6, 6.07) is 6.11. The normalized spacial score (nSPS) is 27.8. The number of amides is 2. The molecule has 2 bridgehead atoms. The van der Waals surface area contributed by atoms with E-state index in [1.54, 1.807) is 11.0 Å². The number of ether oxygens (including phenoxy) is 2. The van der Waals surface area contributed by atoms with E-state index in [4.69, 9.17) is 9.47 Å². The second kappa shape index (κ2) is 14.6. The molecule has 10 heteroatoms. The summed E-state index contributed by atoms with van der Waals surface area (Å²) in [6.45, 7) is 17.5. The number of esters is 1. The number of carbonyl (C=O) groups excluding carboxylic acids is 3. The summed E-state index contributed by atoms with van der Waals surface area (Å²) < 4.78 is 12.3. The Kier molecular flexibility index (Phi) is 11.3. The number of aliphatic hydroxyl groups is 1. The number of unbranched alkanes of at least 4 members (excludes halogenated alkanes) is 2. The van der Waals surface area contributed by atoms with E-state index in [1.165, 1.54) is 4.90 Å². The van der Waals surface area contributed by atoms with Crippen LogP contribution in [0.25, 0.3) is 0 Å². The molecule has 3 saturated heterocycles. The molecule has 1 aromatic carbocycles. The van der Waals surface area contributed by atoms with Gasteiger partial charge in [-0.15, -0.1) is 13.2 Å². The maximum absolute atomic E-state index is 14.8. The van der Waals surface area contributed by atoms with Gasteiger partial charge in [0, 0.05) is 35.8 Å². The number of benzene rings is 1. The first-order chi connectivity index (χ1) is 21.1. The van der Waals surface area contributed by atoms with Crippen LogP contribution in [0.5, 0.6) is 0 Å². The molecule has 2 amide bonds. The molecule has 0 aliphatic carbocycles. The predicted molar refractivity (Wildman–Crippen MR) is 176 cm³/mol. The predicted octanol–water partition coefficient (Wildman–Crippen LogP) is 4.72. The molecule has 242 valence electrons. The summed E-state index contributed by atoms with van der Waals surface area (Å²) in [5, 5.41) is 10.5. The number of allylic oxidation sites excluding steroid dienone is 1. The third kappa shape index (κ3) is 6.09. The lowest BCUT2D eigenvalue weighted by Crippen LogP contribution is -2.60. The van der Waals surface area contributed by atoms with Crippen molar-refractivity contribution >= 4 is 45.1 Å². The quantitative estimate of drug-likeness (QED) is 0.117. The van der Waals surface area contributed by atoms with Crippen molar-refractivity contribution in [1.82, 2.24) is 4.90 Å². The van der Waals surface area contributed by atoms with Crippen molar-refractivity contribution in [3.63, 3.8) is 0 Å². The van der Waals surface area contributed by atoms with Crippen LogP contribution in [0.1, 0.15) is 53.4 Å². The van der Waals surface area contributed by atoms with Crippen LogP contribution in [-0.2, 0) is 23.9 Å². The highest BCUT2D eigenvalue weighted by Gasteiger charge is 2.77. The van der Waals surface area contributed by atoms with Gasteiger partial charge in [-0.3, -0.25) is 14.4 Å². The average molecular weight is 675 g/mol.